The van der Waals surface area contributed by atoms with Gasteiger partial charge < -0.3 is 19.5 Å². The molecule has 0 saturated carbocycles. The number of methoxy groups -OCH3 is 1. The molecule has 1 N–H and O–H groups in total. The predicted molar refractivity (Wildman–Crippen MR) is 110 cm³/mol. The highest BCUT2D eigenvalue weighted by Gasteiger charge is 2.18. The Kier molecular flexibility index (Phi) is 6.96. The average molecular weight is 414 g/mol. The van der Waals surface area contributed by atoms with Gasteiger partial charge in [0.25, 0.3) is 0 Å². The van der Waals surface area contributed by atoms with Crippen LogP contribution in [0.25, 0.3) is 10.7 Å². The maximum absolute atomic E-state index is 12.5. The molecule has 1 aromatic carbocycles. The van der Waals surface area contributed by atoms with E-state index in [1.54, 1.807) is 18.2 Å². The summed E-state index contributed by atoms with van der Waals surface area (Å²) in [5, 5.41) is 8.65. The van der Waals surface area contributed by atoms with Crippen molar-refractivity contribution in [2.45, 2.75) is 19.8 Å². The highest BCUT2D eigenvalue weighted by atomic mass is 32.1. The molecular formula is C20H22N4O4S. The number of nitrogens with one attached hydrogen (secondary N) is 1. The van der Waals surface area contributed by atoms with Crippen LogP contribution < -0.4 is 10.1 Å². The Labute approximate surface area is 172 Å². The zero-order valence-electron chi connectivity index (χ0n) is 16.3. The third kappa shape index (κ3) is 5.41. The molecule has 0 aliphatic heterocycles. The lowest BCUT2D eigenvalue weighted by molar-refractivity contribution is -0.134. The summed E-state index contributed by atoms with van der Waals surface area (Å²) in [5.74, 6) is 1.04. The molecule has 2 aromatic heterocycles. The highest BCUT2D eigenvalue weighted by Crippen LogP contribution is 2.23. The number of thiophene rings is 1. The van der Waals surface area contributed by atoms with E-state index in [4.69, 9.17) is 9.26 Å². The van der Waals surface area contributed by atoms with Crippen molar-refractivity contribution in [1.82, 2.24) is 15.0 Å². The second-order valence-corrected chi connectivity index (χ2v) is 7.09. The van der Waals surface area contributed by atoms with E-state index in [2.05, 4.69) is 15.5 Å². The first-order valence-corrected chi connectivity index (χ1v) is 10.1. The molecule has 2 heterocycles. The SMILES string of the molecule is CCN(CC(=O)Nc1ccccc1OC)C(=O)CCc1nc(-c2cccs2)no1. The van der Waals surface area contributed by atoms with Gasteiger partial charge in [0.1, 0.15) is 5.75 Å². The van der Waals surface area contributed by atoms with Crippen LogP contribution in [0.2, 0.25) is 0 Å². The predicted octanol–water partition coefficient (Wildman–Crippen LogP) is 3.23. The molecule has 29 heavy (non-hydrogen) atoms. The number of anilines is 1. The van der Waals surface area contributed by atoms with Gasteiger partial charge in [0.15, 0.2) is 0 Å². The highest BCUT2D eigenvalue weighted by molar-refractivity contribution is 7.13. The van der Waals surface area contributed by atoms with Gasteiger partial charge in [-0.1, -0.05) is 23.4 Å². The number of hydrogen-bond acceptors (Lipinski definition) is 7. The number of carbonyl (C=O) groups excluding carboxylic acids is 2. The number of aryl methyl sites for hydroxylation is 1. The molecule has 0 atom stereocenters. The Morgan fingerprint density at radius 1 is 1.24 bits per heavy atom. The number of carbonyl (C=O) groups is 2. The molecule has 0 bridgehead atoms. The van der Waals surface area contributed by atoms with Crippen LogP contribution in [0.3, 0.4) is 0 Å². The van der Waals surface area contributed by atoms with Gasteiger partial charge in [-0.15, -0.1) is 11.3 Å². The lowest BCUT2D eigenvalue weighted by atomic mass is 10.2. The molecular weight excluding hydrogens is 392 g/mol. The van der Waals surface area contributed by atoms with Gasteiger partial charge in [-0.25, -0.2) is 0 Å². The van der Waals surface area contributed by atoms with Crippen molar-refractivity contribution < 1.29 is 18.8 Å². The quantitative estimate of drug-likeness (QED) is 0.577. The van der Waals surface area contributed by atoms with Crippen LogP contribution in [-0.4, -0.2) is 47.1 Å². The van der Waals surface area contributed by atoms with E-state index < -0.39 is 0 Å². The minimum atomic E-state index is -0.289. The molecule has 3 rings (SSSR count). The average Bonchev–Trinajstić information content (AvgIpc) is 3.42. The van der Waals surface area contributed by atoms with Gasteiger partial charge in [-0.2, -0.15) is 4.98 Å². The first-order chi connectivity index (χ1) is 14.1. The maximum atomic E-state index is 12.5. The van der Waals surface area contributed by atoms with Gasteiger partial charge in [0.2, 0.25) is 23.5 Å². The van der Waals surface area contributed by atoms with E-state index in [9.17, 15) is 9.59 Å². The number of benzene rings is 1. The molecule has 152 valence electrons. The Morgan fingerprint density at radius 3 is 2.79 bits per heavy atom. The van der Waals surface area contributed by atoms with Crippen molar-refractivity contribution in [1.29, 1.82) is 0 Å². The second-order valence-electron chi connectivity index (χ2n) is 6.15. The zero-order valence-corrected chi connectivity index (χ0v) is 17.1. The lowest BCUT2D eigenvalue weighted by Gasteiger charge is -2.20. The molecule has 8 nitrogen and oxygen atoms in total. The van der Waals surface area contributed by atoms with Crippen LogP contribution in [0.1, 0.15) is 19.2 Å². The number of likely N-dealkylation sites (N-methyl/N-ethyl adjacent to an activating group) is 1. The van der Waals surface area contributed by atoms with Gasteiger partial charge in [-0.3, -0.25) is 9.59 Å². The number of amides is 2. The third-order valence-electron chi connectivity index (χ3n) is 4.21. The number of nitrogens with zero attached hydrogens (tertiary/aromatic N) is 3. The van der Waals surface area contributed by atoms with Crippen LogP contribution >= 0.6 is 11.3 Å². The Balaban J connectivity index is 1.53. The molecule has 0 unspecified atom stereocenters. The summed E-state index contributed by atoms with van der Waals surface area (Å²) in [6, 6.07) is 10.9. The first kappa shape index (κ1) is 20.5. The van der Waals surface area contributed by atoms with Crippen molar-refractivity contribution in [2.24, 2.45) is 0 Å². The minimum Gasteiger partial charge on any atom is -0.495 e. The number of ether oxygens (including phenoxy) is 1. The van der Waals surface area contributed by atoms with E-state index in [0.29, 0.717) is 36.1 Å². The topological polar surface area (TPSA) is 97.6 Å². The summed E-state index contributed by atoms with van der Waals surface area (Å²) in [4.78, 5) is 31.6. The number of aromatic nitrogens is 2. The fraction of sp³-hybridized carbons (Fsp3) is 0.300. The lowest BCUT2D eigenvalue weighted by Crippen LogP contribution is -2.38. The molecule has 0 fully saturated rings. The molecule has 0 radical (unpaired) electrons. The van der Waals surface area contributed by atoms with E-state index in [1.165, 1.54) is 23.3 Å². The molecule has 3 aromatic rings. The second kappa shape index (κ2) is 9.83. The monoisotopic (exact) mass is 414 g/mol. The smallest absolute Gasteiger partial charge is 0.244 e. The first-order valence-electron chi connectivity index (χ1n) is 9.17. The van der Waals surface area contributed by atoms with Crippen molar-refractivity contribution in [3.63, 3.8) is 0 Å². The van der Waals surface area contributed by atoms with E-state index in [1.807, 2.05) is 30.5 Å². The summed E-state index contributed by atoms with van der Waals surface area (Å²) in [7, 11) is 1.54. The summed E-state index contributed by atoms with van der Waals surface area (Å²) >= 11 is 1.52. The van der Waals surface area contributed by atoms with Crippen molar-refractivity contribution in [3.8, 4) is 16.5 Å². The van der Waals surface area contributed by atoms with Gasteiger partial charge in [0, 0.05) is 19.4 Å². The van der Waals surface area contributed by atoms with Crippen molar-refractivity contribution >= 4 is 28.8 Å². The van der Waals surface area contributed by atoms with Gasteiger partial charge in [0.05, 0.1) is 24.2 Å². The van der Waals surface area contributed by atoms with Gasteiger partial charge >= 0.3 is 0 Å². The molecule has 0 aliphatic carbocycles. The Hall–Kier alpha value is -3.20. The summed E-state index contributed by atoms with van der Waals surface area (Å²) in [6.45, 7) is 2.20. The fourth-order valence-electron chi connectivity index (χ4n) is 2.72. The largest absolute Gasteiger partial charge is 0.495 e. The molecule has 9 heteroatoms. The number of para-hydroxylation sites is 2. The minimum absolute atomic E-state index is 0.0440. The van der Waals surface area contributed by atoms with Crippen LogP contribution in [0.4, 0.5) is 5.69 Å². The van der Waals surface area contributed by atoms with Crippen LogP contribution in [0.5, 0.6) is 5.75 Å². The summed E-state index contributed by atoms with van der Waals surface area (Å²) < 4.78 is 10.4. The molecule has 0 spiro atoms. The van der Waals surface area contributed by atoms with Crippen molar-refractivity contribution in [3.05, 3.63) is 47.7 Å². The number of hydrogen-bond donors (Lipinski definition) is 1. The third-order valence-corrected chi connectivity index (χ3v) is 5.08. The Bertz CT molecular complexity index is 955. The van der Waals surface area contributed by atoms with E-state index in [0.717, 1.165) is 4.88 Å². The van der Waals surface area contributed by atoms with E-state index in [-0.39, 0.29) is 24.8 Å². The van der Waals surface area contributed by atoms with Crippen LogP contribution in [0.15, 0.2) is 46.3 Å². The summed E-state index contributed by atoms with van der Waals surface area (Å²) in [6.07, 6.45) is 0.504. The standard InChI is InChI=1S/C20H22N4O4S/c1-3-24(13-17(25)21-14-7-4-5-8-15(14)27-2)19(26)11-10-18-22-20(23-28-18)16-9-6-12-29-16/h4-9,12H,3,10-11,13H2,1-2H3,(H,21,25). The number of rotatable bonds is 9. The maximum Gasteiger partial charge on any atom is 0.244 e. The Morgan fingerprint density at radius 2 is 2.07 bits per heavy atom. The molecule has 0 aliphatic rings. The zero-order chi connectivity index (χ0) is 20.6. The normalized spacial score (nSPS) is 10.6. The van der Waals surface area contributed by atoms with E-state index >= 15 is 0 Å². The fourth-order valence-corrected chi connectivity index (χ4v) is 3.37. The van der Waals surface area contributed by atoms with Gasteiger partial charge in [-0.05, 0) is 30.5 Å². The van der Waals surface area contributed by atoms with Crippen molar-refractivity contribution in [2.75, 3.05) is 25.5 Å². The summed E-state index contributed by atoms with van der Waals surface area (Å²) in [5.41, 5.74) is 0.565. The van der Waals surface area contributed by atoms with Crippen LogP contribution in [0, 0.1) is 0 Å². The molecule has 2 amide bonds. The molecule has 0 saturated heterocycles. The van der Waals surface area contributed by atoms with Crippen LogP contribution in [-0.2, 0) is 16.0 Å².